The van der Waals surface area contributed by atoms with Gasteiger partial charge in [-0.2, -0.15) is 13.2 Å². The van der Waals surface area contributed by atoms with Crippen LogP contribution in [0.1, 0.15) is 31.7 Å². The lowest BCUT2D eigenvalue weighted by atomic mass is 10.1. The average molecular weight is 401 g/mol. The van der Waals surface area contributed by atoms with Gasteiger partial charge < -0.3 is 15.0 Å². The van der Waals surface area contributed by atoms with Gasteiger partial charge in [-0.1, -0.05) is 0 Å². The molecule has 0 radical (unpaired) electrons. The minimum atomic E-state index is -4.50. The molecular weight excluding hydrogens is 375 g/mol. The maximum absolute atomic E-state index is 13.1. The van der Waals surface area contributed by atoms with Gasteiger partial charge in [0.15, 0.2) is 0 Å². The molecule has 1 saturated heterocycles. The Morgan fingerprint density at radius 1 is 1.18 bits per heavy atom. The molecule has 1 aromatic carbocycles. The predicted molar refractivity (Wildman–Crippen MR) is 100 cm³/mol. The third kappa shape index (κ3) is 6.40. The Bertz CT molecular complexity index is 689. The SMILES string of the molecule is CCOC(=O)CN(C)CC(=O)Nc1cc(C(F)(F)F)ccc1N1CCCCC1. The largest absolute Gasteiger partial charge is 0.465 e. The molecule has 0 saturated carbocycles. The van der Waals surface area contributed by atoms with E-state index in [1.54, 1.807) is 14.0 Å². The quantitative estimate of drug-likeness (QED) is 0.712. The van der Waals surface area contributed by atoms with E-state index >= 15 is 0 Å². The van der Waals surface area contributed by atoms with E-state index in [-0.39, 0.29) is 25.4 Å². The van der Waals surface area contributed by atoms with Crippen molar-refractivity contribution in [3.63, 3.8) is 0 Å². The summed E-state index contributed by atoms with van der Waals surface area (Å²) in [6.07, 6.45) is -1.51. The number of ether oxygens (including phenoxy) is 1. The number of carbonyl (C=O) groups is 2. The Labute approximate surface area is 162 Å². The van der Waals surface area contributed by atoms with Crippen molar-refractivity contribution in [3.8, 4) is 0 Å². The summed E-state index contributed by atoms with van der Waals surface area (Å²) in [5.41, 5.74) is -0.108. The van der Waals surface area contributed by atoms with Gasteiger partial charge in [-0.05, 0) is 51.4 Å². The molecule has 1 aliphatic heterocycles. The number of esters is 1. The van der Waals surface area contributed by atoms with E-state index in [1.165, 1.54) is 11.0 Å². The summed E-state index contributed by atoms with van der Waals surface area (Å²) in [6.45, 7) is 3.16. The van der Waals surface area contributed by atoms with Crippen molar-refractivity contribution in [2.24, 2.45) is 0 Å². The van der Waals surface area contributed by atoms with E-state index in [1.807, 2.05) is 4.90 Å². The number of nitrogens with zero attached hydrogens (tertiary/aromatic N) is 2. The average Bonchev–Trinajstić information content (AvgIpc) is 2.61. The molecule has 1 heterocycles. The zero-order valence-electron chi connectivity index (χ0n) is 16.1. The summed E-state index contributed by atoms with van der Waals surface area (Å²) >= 11 is 0. The van der Waals surface area contributed by atoms with Crippen LogP contribution in [0.5, 0.6) is 0 Å². The number of rotatable bonds is 7. The molecule has 1 aliphatic rings. The summed E-state index contributed by atoms with van der Waals surface area (Å²) in [4.78, 5) is 27.3. The Morgan fingerprint density at radius 2 is 1.86 bits per heavy atom. The molecule has 6 nitrogen and oxygen atoms in total. The number of halogens is 3. The molecule has 1 amide bonds. The van der Waals surface area contributed by atoms with Crippen molar-refractivity contribution >= 4 is 23.3 Å². The molecule has 1 N–H and O–H groups in total. The van der Waals surface area contributed by atoms with Crippen LogP contribution in [0.3, 0.4) is 0 Å². The number of likely N-dealkylation sites (N-methyl/N-ethyl adjacent to an activating group) is 1. The van der Waals surface area contributed by atoms with Crippen molar-refractivity contribution in [2.75, 3.05) is 50.1 Å². The Morgan fingerprint density at radius 3 is 2.46 bits per heavy atom. The first-order valence-electron chi connectivity index (χ1n) is 9.31. The van der Waals surface area contributed by atoms with Crippen molar-refractivity contribution in [3.05, 3.63) is 23.8 Å². The molecule has 1 fully saturated rings. The summed E-state index contributed by atoms with van der Waals surface area (Å²) < 4.78 is 44.2. The van der Waals surface area contributed by atoms with E-state index in [9.17, 15) is 22.8 Å². The van der Waals surface area contributed by atoms with Crippen LogP contribution in [0.25, 0.3) is 0 Å². The molecule has 28 heavy (non-hydrogen) atoms. The molecule has 0 aromatic heterocycles. The van der Waals surface area contributed by atoms with Gasteiger partial charge in [0.05, 0.1) is 36.6 Å². The van der Waals surface area contributed by atoms with E-state index in [0.717, 1.165) is 44.5 Å². The number of carbonyl (C=O) groups excluding carboxylic acids is 2. The fourth-order valence-corrected chi connectivity index (χ4v) is 3.14. The van der Waals surface area contributed by atoms with Crippen LogP contribution < -0.4 is 10.2 Å². The number of hydrogen-bond donors (Lipinski definition) is 1. The minimum Gasteiger partial charge on any atom is -0.465 e. The first-order valence-corrected chi connectivity index (χ1v) is 9.31. The number of hydrogen-bond acceptors (Lipinski definition) is 5. The second-order valence-electron chi connectivity index (χ2n) is 6.80. The van der Waals surface area contributed by atoms with Crippen LogP contribution in [0.2, 0.25) is 0 Å². The van der Waals surface area contributed by atoms with Crippen molar-refractivity contribution in [2.45, 2.75) is 32.4 Å². The second-order valence-corrected chi connectivity index (χ2v) is 6.80. The molecule has 0 unspecified atom stereocenters. The molecule has 0 bridgehead atoms. The monoisotopic (exact) mass is 401 g/mol. The summed E-state index contributed by atoms with van der Waals surface area (Å²) in [5, 5.41) is 2.58. The third-order valence-corrected chi connectivity index (χ3v) is 4.41. The zero-order valence-corrected chi connectivity index (χ0v) is 16.1. The van der Waals surface area contributed by atoms with Gasteiger partial charge in [-0.3, -0.25) is 14.5 Å². The number of nitrogens with one attached hydrogen (secondary N) is 1. The van der Waals surface area contributed by atoms with Gasteiger partial charge >= 0.3 is 12.1 Å². The highest BCUT2D eigenvalue weighted by molar-refractivity contribution is 5.96. The van der Waals surface area contributed by atoms with E-state index in [2.05, 4.69) is 5.32 Å². The molecule has 2 rings (SSSR count). The van der Waals surface area contributed by atoms with Gasteiger partial charge in [-0.15, -0.1) is 0 Å². The zero-order chi connectivity index (χ0) is 20.7. The highest BCUT2D eigenvalue weighted by Crippen LogP contribution is 2.36. The van der Waals surface area contributed by atoms with Crippen LogP contribution in [0.15, 0.2) is 18.2 Å². The lowest BCUT2D eigenvalue weighted by Gasteiger charge is -2.31. The van der Waals surface area contributed by atoms with Gasteiger partial charge in [-0.25, -0.2) is 0 Å². The van der Waals surface area contributed by atoms with E-state index in [0.29, 0.717) is 5.69 Å². The Hall–Kier alpha value is -2.29. The standard InChI is InChI=1S/C19H26F3N3O3/c1-3-28-18(27)13-24(2)12-17(26)23-15-11-14(19(20,21)22)7-8-16(15)25-9-5-4-6-10-25/h7-8,11H,3-6,9-10,12-13H2,1-2H3,(H,23,26). The first kappa shape index (κ1) is 22.0. The van der Waals surface area contributed by atoms with Gasteiger partial charge in [0.2, 0.25) is 5.91 Å². The van der Waals surface area contributed by atoms with Crippen molar-refractivity contribution < 1.29 is 27.5 Å². The smallest absolute Gasteiger partial charge is 0.416 e. The molecular formula is C19H26F3N3O3. The number of anilines is 2. The number of amides is 1. The molecule has 0 aliphatic carbocycles. The highest BCUT2D eigenvalue weighted by Gasteiger charge is 2.32. The van der Waals surface area contributed by atoms with Gasteiger partial charge in [0.1, 0.15) is 0 Å². The number of alkyl halides is 3. The molecule has 0 spiro atoms. The first-order chi connectivity index (χ1) is 13.2. The maximum atomic E-state index is 13.1. The summed E-state index contributed by atoms with van der Waals surface area (Å²) in [5.74, 6) is -0.963. The Kier molecular flexibility index (Phi) is 7.68. The topological polar surface area (TPSA) is 61.9 Å². The van der Waals surface area contributed by atoms with Crippen LogP contribution >= 0.6 is 0 Å². The van der Waals surface area contributed by atoms with Crippen LogP contribution in [-0.4, -0.2) is 56.6 Å². The fraction of sp³-hybridized carbons (Fsp3) is 0.579. The van der Waals surface area contributed by atoms with Crippen molar-refractivity contribution in [1.29, 1.82) is 0 Å². The molecule has 9 heteroatoms. The normalized spacial score (nSPS) is 14.9. The Balaban J connectivity index is 2.14. The fourth-order valence-electron chi connectivity index (χ4n) is 3.14. The minimum absolute atomic E-state index is 0.0805. The second kappa shape index (κ2) is 9.77. The number of benzene rings is 1. The summed E-state index contributed by atoms with van der Waals surface area (Å²) in [6, 6.07) is 3.41. The molecule has 1 aromatic rings. The lowest BCUT2D eigenvalue weighted by molar-refractivity contribution is -0.144. The highest BCUT2D eigenvalue weighted by atomic mass is 19.4. The number of piperidine rings is 1. The van der Waals surface area contributed by atoms with E-state index in [4.69, 9.17) is 4.74 Å². The van der Waals surface area contributed by atoms with Crippen LogP contribution in [0, 0.1) is 0 Å². The van der Waals surface area contributed by atoms with Crippen LogP contribution in [0.4, 0.5) is 24.5 Å². The molecule has 0 atom stereocenters. The molecule has 156 valence electrons. The third-order valence-electron chi connectivity index (χ3n) is 4.41. The van der Waals surface area contributed by atoms with Crippen molar-refractivity contribution in [1.82, 2.24) is 4.90 Å². The van der Waals surface area contributed by atoms with E-state index < -0.39 is 23.6 Å². The maximum Gasteiger partial charge on any atom is 0.416 e. The van der Waals surface area contributed by atoms with Gasteiger partial charge in [0.25, 0.3) is 0 Å². The lowest BCUT2D eigenvalue weighted by Crippen LogP contribution is -2.35. The predicted octanol–water partition coefficient (Wildman–Crippen LogP) is 3.13. The van der Waals surface area contributed by atoms with Crippen LogP contribution in [-0.2, 0) is 20.5 Å². The summed E-state index contributed by atoms with van der Waals surface area (Å²) in [7, 11) is 1.56. The van der Waals surface area contributed by atoms with Gasteiger partial charge in [0, 0.05) is 13.1 Å².